The number of hydrogen-bond acceptors (Lipinski definition) is 4. The van der Waals surface area contributed by atoms with Gasteiger partial charge in [-0.15, -0.1) is 0 Å². The lowest BCUT2D eigenvalue weighted by Gasteiger charge is -2.11. The van der Waals surface area contributed by atoms with Gasteiger partial charge >= 0.3 is 10.1 Å². The molecule has 0 atom stereocenters. The fourth-order valence-corrected chi connectivity index (χ4v) is 2.99. The number of anilines is 1. The van der Waals surface area contributed by atoms with Gasteiger partial charge in [-0.2, -0.15) is 8.42 Å². The zero-order valence-corrected chi connectivity index (χ0v) is 12.5. The molecule has 0 saturated heterocycles. The number of hydrogen-bond donors (Lipinski definition) is 1. The third-order valence-corrected chi connectivity index (χ3v) is 4.12. The van der Waals surface area contributed by atoms with Gasteiger partial charge in [0.1, 0.15) is 10.6 Å². The van der Waals surface area contributed by atoms with E-state index in [4.69, 9.17) is 4.18 Å². The van der Waals surface area contributed by atoms with Crippen LogP contribution in [0.25, 0.3) is 0 Å². The molecule has 0 heterocycles. The Labute approximate surface area is 123 Å². The lowest BCUT2D eigenvalue weighted by atomic mass is 10.2. The van der Waals surface area contributed by atoms with Crippen LogP contribution in [-0.2, 0) is 14.9 Å². The van der Waals surface area contributed by atoms with Crippen LogP contribution in [0.3, 0.4) is 0 Å². The highest BCUT2D eigenvalue weighted by Gasteiger charge is 2.20. The molecule has 6 heteroatoms. The lowest BCUT2D eigenvalue weighted by Crippen LogP contribution is -2.13. The van der Waals surface area contributed by atoms with Crippen molar-refractivity contribution in [2.24, 2.45) is 0 Å². The van der Waals surface area contributed by atoms with E-state index >= 15 is 0 Å². The summed E-state index contributed by atoms with van der Waals surface area (Å²) >= 11 is 0. The Morgan fingerprint density at radius 2 is 1.76 bits per heavy atom. The third kappa shape index (κ3) is 3.82. The van der Waals surface area contributed by atoms with Crippen molar-refractivity contribution in [1.29, 1.82) is 0 Å². The van der Waals surface area contributed by atoms with Crippen molar-refractivity contribution >= 4 is 21.7 Å². The number of nitrogens with one attached hydrogen (secondary N) is 1. The van der Waals surface area contributed by atoms with Crippen LogP contribution in [0.2, 0.25) is 0 Å². The lowest BCUT2D eigenvalue weighted by molar-refractivity contribution is -0.114. The highest BCUT2D eigenvalue weighted by Crippen LogP contribution is 2.24. The highest BCUT2D eigenvalue weighted by atomic mass is 32.2. The number of benzene rings is 2. The molecule has 0 aliphatic carbocycles. The van der Waals surface area contributed by atoms with Crippen molar-refractivity contribution in [2.45, 2.75) is 18.7 Å². The minimum absolute atomic E-state index is 0.0256. The summed E-state index contributed by atoms with van der Waals surface area (Å²) in [5, 5.41) is 2.55. The van der Waals surface area contributed by atoms with E-state index < -0.39 is 10.1 Å². The summed E-state index contributed by atoms with van der Waals surface area (Å²) in [7, 11) is -3.95. The van der Waals surface area contributed by atoms with Gasteiger partial charge in [0.15, 0.2) is 0 Å². The van der Waals surface area contributed by atoms with Gasteiger partial charge in [-0.25, -0.2) is 0 Å². The number of rotatable bonds is 4. The molecule has 0 radical (unpaired) electrons. The van der Waals surface area contributed by atoms with E-state index in [-0.39, 0.29) is 16.6 Å². The first kappa shape index (κ1) is 15.1. The fourth-order valence-electron chi connectivity index (χ4n) is 1.80. The van der Waals surface area contributed by atoms with Gasteiger partial charge in [-0.1, -0.05) is 24.3 Å². The molecule has 0 aliphatic heterocycles. The normalized spacial score (nSPS) is 11.0. The van der Waals surface area contributed by atoms with E-state index in [2.05, 4.69) is 5.32 Å². The SMILES string of the molecule is CC(=O)Nc1ccc(C)c(S(=O)(=O)Oc2ccccc2)c1. The maximum Gasteiger partial charge on any atom is 0.339 e. The van der Waals surface area contributed by atoms with Gasteiger partial charge in [0.25, 0.3) is 0 Å². The summed E-state index contributed by atoms with van der Waals surface area (Å²) in [6, 6.07) is 12.9. The predicted octanol–water partition coefficient (Wildman–Crippen LogP) is 2.72. The summed E-state index contributed by atoms with van der Waals surface area (Å²) in [6.07, 6.45) is 0. The van der Waals surface area contributed by atoms with E-state index in [9.17, 15) is 13.2 Å². The highest BCUT2D eigenvalue weighted by molar-refractivity contribution is 7.87. The first-order chi connectivity index (χ1) is 9.88. The van der Waals surface area contributed by atoms with Gasteiger partial charge in [-0.05, 0) is 36.8 Å². The zero-order chi connectivity index (χ0) is 15.5. The number of amides is 1. The monoisotopic (exact) mass is 305 g/mol. The summed E-state index contributed by atoms with van der Waals surface area (Å²) in [4.78, 5) is 11.1. The van der Waals surface area contributed by atoms with Gasteiger partial charge < -0.3 is 9.50 Å². The van der Waals surface area contributed by atoms with Gasteiger partial charge in [0.05, 0.1) is 0 Å². The van der Waals surface area contributed by atoms with Crippen LogP contribution in [-0.4, -0.2) is 14.3 Å². The molecule has 5 nitrogen and oxygen atoms in total. The summed E-state index contributed by atoms with van der Waals surface area (Å²) in [5.74, 6) is -0.0343. The van der Waals surface area contributed by atoms with E-state index in [1.165, 1.54) is 13.0 Å². The Balaban J connectivity index is 2.37. The molecular formula is C15H15NO4S. The third-order valence-electron chi connectivity index (χ3n) is 2.73. The molecule has 110 valence electrons. The van der Waals surface area contributed by atoms with Crippen LogP contribution in [0.4, 0.5) is 5.69 Å². The van der Waals surface area contributed by atoms with Crippen LogP contribution < -0.4 is 9.50 Å². The summed E-state index contributed by atoms with van der Waals surface area (Å²) in [6.45, 7) is 3.02. The van der Waals surface area contributed by atoms with Crippen LogP contribution in [0.1, 0.15) is 12.5 Å². The van der Waals surface area contributed by atoms with Crippen molar-refractivity contribution < 1.29 is 17.4 Å². The number of carbonyl (C=O) groups is 1. The molecule has 21 heavy (non-hydrogen) atoms. The second-order valence-corrected chi connectivity index (χ2v) is 6.03. The molecule has 0 unspecified atom stereocenters. The van der Waals surface area contributed by atoms with Gasteiger partial charge in [0.2, 0.25) is 5.91 Å². The first-order valence-electron chi connectivity index (χ1n) is 6.26. The molecule has 2 rings (SSSR count). The van der Waals surface area contributed by atoms with Crippen molar-refractivity contribution in [3.63, 3.8) is 0 Å². The second-order valence-electron chi connectivity index (χ2n) is 4.51. The molecule has 1 N–H and O–H groups in total. The average molecular weight is 305 g/mol. The molecule has 0 aliphatic rings. The molecule has 0 spiro atoms. The van der Waals surface area contributed by atoms with Crippen LogP contribution in [0.15, 0.2) is 53.4 Å². The quantitative estimate of drug-likeness (QED) is 0.882. The second kappa shape index (κ2) is 5.97. The van der Waals surface area contributed by atoms with Crippen LogP contribution >= 0.6 is 0 Å². The Hall–Kier alpha value is -2.34. The van der Waals surface area contributed by atoms with Crippen molar-refractivity contribution in [3.05, 3.63) is 54.1 Å². The minimum Gasteiger partial charge on any atom is -0.379 e. The largest absolute Gasteiger partial charge is 0.379 e. The van der Waals surface area contributed by atoms with Crippen LogP contribution in [0, 0.1) is 6.92 Å². The Morgan fingerprint density at radius 3 is 2.38 bits per heavy atom. The van der Waals surface area contributed by atoms with Gasteiger partial charge in [-0.3, -0.25) is 4.79 Å². The molecule has 0 aromatic heterocycles. The van der Waals surface area contributed by atoms with Crippen molar-refractivity contribution in [2.75, 3.05) is 5.32 Å². The fraction of sp³-hybridized carbons (Fsp3) is 0.133. The average Bonchev–Trinajstić information content (AvgIpc) is 2.41. The predicted molar refractivity (Wildman–Crippen MR) is 79.7 cm³/mol. The molecule has 1 amide bonds. The maximum absolute atomic E-state index is 12.3. The van der Waals surface area contributed by atoms with E-state index in [0.717, 1.165) is 0 Å². The summed E-state index contributed by atoms with van der Waals surface area (Å²) < 4.78 is 29.7. The summed E-state index contributed by atoms with van der Waals surface area (Å²) in [5.41, 5.74) is 0.948. The number of carbonyl (C=O) groups excluding carboxylic acids is 1. The molecule has 0 bridgehead atoms. The van der Waals surface area contributed by atoms with E-state index in [1.54, 1.807) is 49.4 Å². The minimum atomic E-state index is -3.95. The first-order valence-corrected chi connectivity index (χ1v) is 7.67. The molecule has 2 aromatic rings. The maximum atomic E-state index is 12.3. The topological polar surface area (TPSA) is 72.5 Å². The Morgan fingerprint density at radius 1 is 1.10 bits per heavy atom. The van der Waals surface area contributed by atoms with Crippen LogP contribution in [0.5, 0.6) is 5.75 Å². The van der Waals surface area contributed by atoms with Gasteiger partial charge in [0, 0.05) is 12.6 Å². The van der Waals surface area contributed by atoms with E-state index in [0.29, 0.717) is 11.3 Å². The molecular weight excluding hydrogens is 290 g/mol. The van der Waals surface area contributed by atoms with E-state index in [1.807, 2.05) is 0 Å². The molecule has 0 saturated carbocycles. The zero-order valence-electron chi connectivity index (χ0n) is 11.7. The number of aryl methyl sites for hydroxylation is 1. The molecule has 0 fully saturated rings. The van der Waals surface area contributed by atoms with Crippen molar-refractivity contribution in [1.82, 2.24) is 0 Å². The smallest absolute Gasteiger partial charge is 0.339 e. The Bertz CT molecular complexity index is 754. The standard InChI is InChI=1S/C15H15NO4S/c1-11-8-9-13(16-12(2)17)10-15(11)21(18,19)20-14-6-4-3-5-7-14/h3-10H,1-2H3,(H,16,17). The van der Waals surface area contributed by atoms with Crippen molar-refractivity contribution in [3.8, 4) is 5.75 Å². The Kier molecular flexibility index (Phi) is 4.28. The molecule has 2 aromatic carbocycles. The number of para-hydroxylation sites is 1.